The summed E-state index contributed by atoms with van der Waals surface area (Å²) in [6, 6.07) is 8.45. The summed E-state index contributed by atoms with van der Waals surface area (Å²) in [5.41, 5.74) is 1.48. The van der Waals surface area contributed by atoms with Crippen LogP contribution in [0.4, 0.5) is 0 Å². The first kappa shape index (κ1) is 21.7. The average molecular weight is 450 g/mol. The molecule has 2 fully saturated rings. The SMILES string of the molecule is Cc1cccnc1C1(O)CCN(C(=O)c2ccc3c(c2)C(=O)N(C[C@@H]2CCCO2)C3=O)CC1. The van der Waals surface area contributed by atoms with E-state index in [1.807, 2.05) is 19.1 Å². The topological polar surface area (TPSA) is 100 Å². The van der Waals surface area contributed by atoms with Gasteiger partial charge < -0.3 is 14.7 Å². The molecule has 0 spiro atoms. The third kappa shape index (κ3) is 3.83. The van der Waals surface area contributed by atoms with Gasteiger partial charge >= 0.3 is 0 Å². The zero-order valence-electron chi connectivity index (χ0n) is 18.6. The Hall–Kier alpha value is -3.10. The number of imide groups is 1. The van der Waals surface area contributed by atoms with Gasteiger partial charge in [0.25, 0.3) is 17.7 Å². The van der Waals surface area contributed by atoms with Crippen molar-refractivity contribution in [1.82, 2.24) is 14.8 Å². The second-order valence-corrected chi connectivity index (χ2v) is 9.11. The lowest BCUT2D eigenvalue weighted by Crippen LogP contribution is -2.45. The van der Waals surface area contributed by atoms with Gasteiger partial charge in [-0.25, -0.2) is 0 Å². The smallest absolute Gasteiger partial charge is 0.261 e. The number of pyridine rings is 1. The molecule has 8 heteroatoms. The first-order valence-electron chi connectivity index (χ1n) is 11.4. The van der Waals surface area contributed by atoms with E-state index in [9.17, 15) is 19.5 Å². The van der Waals surface area contributed by atoms with Crippen LogP contribution in [-0.4, -0.2) is 70.0 Å². The zero-order valence-corrected chi connectivity index (χ0v) is 18.6. The number of aryl methyl sites for hydroxylation is 1. The molecule has 1 aromatic carbocycles. The van der Waals surface area contributed by atoms with E-state index in [0.29, 0.717) is 49.4 Å². The van der Waals surface area contributed by atoms with Gasteiger partial charge in [0.2, 0.25) is 0 Å². The largest absolute Gasteiger partial charge is 0.383 e. The van der Waals surface area contributed by atoms with Crippen molar-refractivity contribution in [2.75, 3.05) is 26.2 Å². The monoisotopic (exact) mass is 449 g/mol. The third-order valence-corrected chi connectivity index (χ3v) is 6.96. The van der Waals surface area contributed by atoms with E-state index in [1.54, 1.807) is 23.2 Å². The molecule has 1 aromatic heterocycles. The number of hydrogen-bond donors (Lipinski definition) is 1. The molecule has 0 radical (unpaired) electrons. The standard InChI is InChI=1S/C25H27N3O5/c1-16-4-2-10-26-21(16)25(32)8-11-27(12-9-25)22(29)17-6-7-19-20(14-17)24(31)28(23(19)30)15-18-5-3-13-33-18/h2,4,6-7,10,14,18,32H,3,5,8-9,11-13,15H2,1H3/t18-/m0/s1. The maximum absolute atomic E-state index is 13.2. The highest BCUT2D eigenvalue weighted by Crippen LogP contribution is 2.34. The molecule has 172 valence electrons. The number of fused-ring (bicyclic) bond motifs is 1. The van der Waals surface area contributed by atoms with Crippen molar-refractivity contribution in [3.63, 3.8) is 0 Å². The van der Waals surface area contributed by atoms with Crippen LogP contribution in [0.15, 0.2) is 36.5 Å². The molecule has 4 heterocycles. The predicted molar refractivity (Wildman–Crippen MR) is 119 cm³/mol. The molecule has 0 bridgehead atoms. The Balaban J connectivity index is 1.29. The summed E-state index contributed by atoms with van der Waals surface area (Å²) in [5, 5.41) is 11.1. The van der Waals surface area contributed by atoms with E-state index in [1.165, 1.54) is 11.0 Å². The molecule has 0 saturated carbocycles. The quantitative estimate of drug-likeness (QED) is 0.719. The summed E-state index contributed by atoms with van der Waals surface area (Å²) in [4.78, 5) is 46.1. The summed E-state index contributed by atoms with van der Waals surface area (Å²) < 4.78 is 5.58. The molecule has 5 rings (SSSR count). The van der Waals surface area contributed by atoms with Gasteiger partial charge in [0.05, 0.1) is 29.5 Å². The summed E-state index contributed by atoms with van der Waals surface area (Å²) in [6.45, 7) is 3.56. The van der Waals surface area contributed by atoms with Crippen LogP contribution in [-0.2, 0) is 10.3 Å². The van der Waals surface area contributed by atoms with Crippen LogP contribution in [0.2, 0.25) is 0 Å². The molecule has 2 saturated heterocycles. The van der Waals surface area contributed by atoms with Crippen molar-refractivity contribution < 1.29 is 24.2 Å². The number of carbonyl (C=O) groups is 3. The second kappa shape index (κ2) is 8.35. The van der Waals surface area contributed by atoms with Crippen molar-refractivity contribution in [2.45, 2.75) is 44.3 Å². The Kier molecular flexibility index (Phi) is 5.50. The highest BCUT2D eigenvalue weighted by molar-refractivity contribution is 6.22. The Morgan fingerprint density at radius 3 is 2.64 bits per heavy atom. The second-order valence-electron chi connectivity index (χ2n) is 9.11. The molecule has 3 amide bonds. The minimum absolute atomic E-state index is 0.122. The van der Waals surface area contributed by atoms with Crippen molar-refractivity contribution in [3.05, 3.63) is 64.5 Å². The molecule has 3 aliphatic heterocycles. The number of likely N-dealkylation sites (tertiary alicyclic amines) is 1. The molecular formula is C25H27N3O5. The lowest BCUT2D eigenvalue weighted by Gasteiger charge is -2.38. The summed E-state index contributed by atoms with van der Waals surface area (Å²) >= 11 is 0. The van der Waals surface area contributed by atoms with Crippen molar-refractivity contribution in [2.24, 2.45) is 0 Å². The van der Waals surface area contributed by atoms with E-state index in [-0.39, 0.29) is 35.9 Å². The summed E-state index contributed by atoms with van der Waals surface area (Å²) in [6.07, 6.45) is 4.07. The van der Waals surface area contributed by atoms with Crippen LogP contribution in [0, 0.1) is 6.92 Å². The van der Waals surface area contributed by atoms with E-state index >= 15 is 0 Å². The number of aromatic nitrogens is 1. The minimum atomic E-state index is -1.06. The summed E-state index contributed by atoms with van der Waals surface area (Å²) in [7, 11) is 0. The number of amides is 3. The number of nitrogens with zero attached hydrogens (tertiary/aromatic N) is 3. The van der Waals surface area contributed by atoms with Crippen molar-refractivity contribution >= 4 is 17.7 Å². The van der Waals surface area contributed by atoms with Crippen molar-refractivity contribution in [1.29, 1.82) is 0 Å². The normalized spacial score (nSPS) is 22.1. The number of benzene rings is 1. The number of aliphatic hydroxyl groups is 1. The molecule has 0 aliphatic carbocycles. The van der Waals surface area contributed by atoms with Gasteiger partial charge in [-0.1, -0.05) is 6.07 Å². The number of carbonyl (C=O) groups excluding carboxylic acids is 3. The van der Waals surface area contributed by atoms with Gasteiger partial charge in [-0.2, -0.15) is 0 Å². The van der Waals surface area contributed by atoms with Gasteiger partial charge in [0.1, 0.15) is 5.60 Å². The fourth-order valence-electron chi connectivity index (χ4n) is 5.05. The lowest BCUT2D eigenvalue weighted by atomic mass is 9.85. The molecule has 0 unspecified atom stereocenters. The van der Waals surface area contributed by atoms with Crippen LogP contribution in [0.3, 0.4) is 0 Å². The van der Waals surface area contributed by atoms with Gasteiger partial charge in [0, 0.05) is 31.5 Å². The highest BCUT2D eigenvalue weighted by atomic mass is 16.5. The van der Waals surface area contributed by atoms with E-state index in [4.69, 9.17) is 4.74 Å². The van der Waals surface area contributed by atoms with Gasteiger partial charge in [-0.15, -0.1) is 0 Å². The van der Waals surface area contributed by atoms with Gasteiger partial charge in [0.15, 0.2) is 0 Å². The fourth-order valence-corrected chi connectivity index (χ4v) is 5.05. The van der Waals surface area contributed by atoms with Crippen LogP contribution >= 0.6 is 0 Å². The Bertz CT molecular complexity index is 1120. The molecule has 2 aromatic rings. The first-order valence-corrected chi connectivity index (χ1v) is 11.4. The number of piperidine rings is 1. The molecule has 3 aliphatic rings. The fraction of sp³-hybridized carbons (Fsp3) is 0.440. The Morgan fingerprint density at radius 1 is 1.18 bits per heavy atom. The highest BCUT2D eigenvalue weighted by Gasteiger charge is 2.40. The van der Waals surface area contributed by atoms with Crippen LogP contribution in [0.25, 0.3) is 0 Å². The molecule has 8 nitrogen and oxygen atoms in total. The predicted octanol–water partition coefficient (Wildman–Crippen LogP) is 2.29. The number of hydrogen-bond acceptors (Lipinski definition) is 6. The van der Waals surface area contributed by atoms with Crippen LogP contribution in [0.1, 0.15) is 68.0 Å². The van der Waals surface area contributed by atoms with Gasteiger partial charge in [-0.05, 0) is 62.4 Å². The maximum atomic E-state index is 13.2. The number of ether oxygens (including phenoxy) is 1. The zero-order chi connectivity index (χ0) is 23.2. The first-order chi connectivity index (χ1) is 15.9. The maximum Gasteiger partial charge on any atom is 0.261 e. The van der Waals surface area contributed by atoms with Crippen LogP contribution in [0.5, 0.6) is 0 Å². The molecule has 33 heavy (non-hydrogen) atoms. The van der Waals surface area contributed by atoms with Gasteiger partial charge in [-0.3, -0.25) is 24.3 Å². The minimum Gasteiger partial charge on any atom is -0.383 e. The Morgan fingerprint density at radius 2 is 1.94 bits per heavy atom. The van der Waals surface area contributed by atoms with E-state index in [2.05, 4.69) is 4.98 Å². The molecule has 1 N–H and O–H groups in total. The van der Waals surface area contributed by atoms with E-state index < -0.39 is 5.60 Å². The summed E-state index contributed by atoms with van der Waals surface area (Å²) in [5.74, 6) is -0.924. The van der Waals surface area contributed by atoms with Crippen LogP contribution < -0.4 is 0 Å². The van der Waals surface area contributed by atoms with Crippen molar-refractivity contribution in [3.8, 4) is 0 Å². The van der Waals surface area contributed by atoms with E-state index in [0.717, 1.165) is 18.4 Å². The average Bonchev–Trinajstić information content (AvgIpc) is 3.42. The Labute approximate surface area is 192 Å². The molecule has 1 atom stereocenters. The number of rotatable bonds is 4. The molecular weight excluding hydrogens is 422 g/mol. The lowest BCUT2D eigenvalue weighted by molar-refractivity contribution is -0.0248. The third-order valence-electron chi connectivity index (χ3n) is 6.96.